The van der Waals surface area contributed by atoms with Crippen LogP contribution in [0, 0.1) is 6.92 Å². The lowest BCUT2D eigenvalue weighted by Gasteiger charge is -2.06. The van der Waals surface area contributed by atoms with Crippen molar-refractivity contribution in [2.45, 2.75) is 6.92 Å². The molecule has 0 amide bonds. The smallest absolute Gasteiger partial charge is 0.182 e. The summed E-state index contributed by atoms with van der Waals surface area (Å²) >= 11 is 6.74. The molecule has 5 heteroatoms. The number of hydrogen-bond donors (Lipinski definition) is 0. The maximum absolute atomic E-state index is 6.74. The maximum atomic E-state index is 6.74. The third-order valence-electron chi connectivity index (χ3n) is 4.03. The zero-order chi connectivity index (χ0) is 16.7. The zero-order valence-electron chi connectivity index (χ0n) is 13.4. The fourth-order valence-corrected chi connectivity index (χ4v) is 3.19. The number of aromatic nitrogens is 4. The lowest BCUT2D eigenvalue weighted by Crippen LogP contribution is -1.95. The van der Waals surface area contributed by atoms with Crippen molar-refractivity contribution in [3.8, 4) is 22.5 Å². The molecule has 0 N–H and O–H groups in total. The monoisotopic (exact) mass is 334 g/mol. The Labute approximate surface area is 144 Å². The van der Waals surface area contributed by atoms with Gasteiger partial charge in [0.05, 0.1) is 10.4 Å². The molecule has 2 heterocycles. The van der Waals surface area contributed by atoms with Gasteiger partial charge in [-0.25, -0.2) is 4.68 Å². The Morgan fingerprint density at radius 3 is 2.38 bits per heavy atom. The van der Waals surface area contributed by atoms with Crippen molar-refractivity contribution in [1.29, 1.82) is 0 Å². The van der Waals surface area contributed by atoms with Crippen molar-refractivity contribution in [2.24, 2.45) is 7.05 Å². The highest BCUT2D eigenvalue weighted by atomic mass is 35.5. The van der Waals surface area contributed by atoms with Gasteiger partial charge in [-0.1, -0.05) is 65.7 Å². The molecule has 4 aromatic rings. The summed E-state index contributed by atoms with van der Waals surface area (Å²) in [6.45, 7) is 2.04. The second kappa shape index (κ2) is 5.73. The van der Waals surface area contributed by atoms with Gasteiger partial charge in [-0.3, -0.25) is 0 Å². The largest absolute Gasteiger partial charge is 0.248 e. The molecule has 4 nitrogen and oxygen atoms in total. The van der Waals surface area contributed by atoms with Gasteiger partial charge >= 0.3 is 0 Å². The van der Waals surface area contributed by atoms with Crippen molar-refractivity contribution < 1.29 is 0 Å². The molecular weight excluding hydrogens is 320 g/mol. The van der Waals surface area contributed by atoms with E-state index in [0.717, 1.165) is 27.8 Å². The van der Waals surface area contributed by atoms with Crippen molar-refractivity contribution >= 4 is 22.6 Å². The lowest BCUT2D eigenvalue weighted by atomic mass is 10.1. The van der Waals surface area contributed by atoms with E-state index >= 15 is 0 Å². The van der Waals surface area contributed by atoms with Crippen LogP contribution in [0.4, 0.5) is 0 Å². The first-order chi connectivity index (χ1) is 11.6. The molecule has 0 fully saturated rings. The van der Waals surface area contributed by atoms with Gasteiger partial charge in [-0.15, -0.1) is 10.2 Å². The average Bonchev–Trinajstić information content (AvgIpc) is 2.94. The summed E-state index contributed by atoms with van der Waals surface area (Å²) in [7, 11) is 1.85. The Balaban J connectivity index is 2.02. The molecule has 0 saturated heterocycles. The molecule has 2 aromatic carbocycles. The van der Waals surface area contributed by atoms with E-state index in [1.165, 1.54) is 0 Å². The lowest BCUT2D eigenvalue weighted by molar-refractivity contribution is 0.781. The molecule has 0 aliphatic rings. The van der Waals surface area contributed by atoms with E-state index in [1.54, 1.807) is 4.68 Å². The van der Waals surface area contributed by atoms with E-state index in [0.29, 0.717) is 16.4 Å². The molecule has 4 rings (SSSR count). The minimum Gasteiger partial charge on any atom is -0.248 e. The van der Waals surface area contributed by atoms with Gasteiger partial charge in [-0.2, -0.15) is 5.10 Å². The molecule has 0 aliphatic heterocycles. The van der Waals surface area contributed by atoms with Gasteiger partial charge in [0, 0.05) is 18.2 Å². The standard InChI is InChI=1S/C19H15ClN4/c1-12-7-6-10-14(11-12)18-16(20)15-17(13-8-4-3-5-9-13)23-24(2)19(15)22-21-18/h3-11H,1-2H3. The number of halogens is 1. The van der Waals surface area contributed by atoms with Crippen LogP contribution < -0.4 is 0 Å². The Hall–Kier alpha value is -2.72. The normalized spacial score (nSPS) is 11.1. The Morgan fingerprint density at radius 2 is 1.62 bits per heavy atom. The van der Waals surface area contributed by atoms with Gasteiger partial charge in [-0.05, 0) is 13.0 Å². The fourth-order valence-electron chi connectivity index (χ4n) is 2.87. The summed E-state index contributed by atoms with van der Waals surface area (Å²) in [4.78, 5) is 0. The predicted octanol–water partition coefficient (Wildman–Crippen LogP) is 4.66. The van der Waals surface area contributed by atoms with E-state index in [2.05, 4.69) is 21.4 Å². The van der Waals surface area contributed by atoms with Crippen LogP contribution in [0.5, 0.6) is 0 Å². The highest BCUT2D eigenvalue weighted by molar-refractivity contribution is 6.38. The SMILES string of the molecule is Cc1cccc(-c2nnc3c(c(-c4ccccc4)nn3C)c2Cl)c1. The highest BCUT2D eigenvalue weighted by Gasteiger charge is 2.19. The van der Waals surface area contributed by atoms with Crippen molar-refractivity contribution in [3.05, 3.63) is 65.2 Å². The summed E-state index contributed by atoms with van der Waals surface area (Å²) in [5.41, 5.74) is 5.29. The van der Waals surface area contributed by atoms with Crippen LogP contribution in [0.2, 0.25) is 5.02 Å². The van der Waals surface area contributed by atoms with Crippen LogP contribution in [0.3, 0.4) is 0 Å². The Bertz CT molecular complexity index is 1040. The molecule has 2 aromatic heterocycles. The van der Waals surface area contributed by atoms with Crippen LogP contribution in [0.25, 0.3) is 33.5 Å². The summed E-state index contributed by atoms with van der Waals surface area (Å²) in [5, 5.41) is 14.7. The van der Waals surface area contributed by atoms with Gasteiger partial charge in [0.25, 0.3) is 0 Å². The molecule has 0 atom stereocenters. The fraction of sp³-hybridized carbons (Fsp3) is 0.105. The van der Waals surface area contributed by atoms with Crippen LogP contribution >= 0.6 is 11.6 Å². The van der Waals surface area contributed by atoms with E-state index in [1.807, 2.05) is 62.5 Å². The topological polar surface area (TPSA) is 43.6 Å². The molecule has 0 bridgehead atoms. The molecule has 0 saturated carbocycles. The molecule has 0 radical (unpaired) electrons. The number of hydrogen-bond acceptors (Lipinski definition) is 3. The first kappa shape index (κ1) is 14.8. The van der Waals surface area contributed by atoms with Crippen LogP contribution in [0.1, 0.15) is 5.56 Å². The van der Waals surface area contributed by atoms with Crippen molar-refractivity contribution in [1.82, 2.24) is 20.0 Å². The quantitative estimate of drug-likeness (QED) is 0.535. The van der Waals surface area contributed by atoms with Crippen molar-refractivity contribution in [2.75, 3.05) is 0 Å². The third-order valence-corrected chi connectivity index (χ3v) is 4.40. The number of fused-ring (bicyclic) bond motifs is 1. The number of rotatable bonds is 2. The number of benzene rings is 2. The Morgan fingerprint density at radius 1 is 0.875 bits per heavy atom. The summed E-state index contributed by atoms with van der Waals surface area (Å²) in [6.07, 6.45) is 0. The highest BCUT2D eigenvalue weighted by Crippen LogP contribution is 2.36. The van der Waals surface area contributed by atoms with Crippen molar-refractivity contribution in [3.63, 3.8) is 0 Å². The Kier molecular flexibility index (Phi) is 3.54. The average molecular weight is 335 g/mol. The van der Waals surface area contributed by atoms with Crippen LogP contribution in [-0.2, 0) is 7.05 Å². The second-order valence-corrected chi connectivity index (χ2v) is 6.15. The summed E-state index contributed by atoms with van der Waals surface area (Å²) < 4.78 is 1.72. The third kappa shape index (κ3) is 2.36. The minimum absolute atomic E-state index is 0.581. The first-order valence-electron chi connectivity index (χ1n) is 7.66. The number of aryl methyl sites for hydroxylation is 2. The molecule has 0 unspecified atom stereocenters. The van der Waals surface area contributed by atoms with E-state index < -0.39 is 0 Å². The summed E-state index contributed by atoms with van der Waals surface area (Å²) in [5.74, 6) is 0. The van der Waals surface area contributed by atoms with E-state index in [-0.39, 0.29) is 0 Å². The molecular formula is C19H15ClN4. The second-order valence-electron chi connectivity index (χ2n) is 5.77. The summed E-state index contributed by atoms with van der Waals surface area (Å²) in [6, 6.07) is 18.1. The molecule has 24 heavy (non-hydrogen) atoms. The molecule has 0 spiro atoms. The zero-order valence-corrected chi connectivity index (χ0v) is 14.1. The van der Waals surface area contributed by atoms with Crippen LogP contribution in [0.15, 0.2) is 54.6 Å². The predicted molar refractivity (Wildman–Crippen MR) is 96.9 cm³/mol. The molecule has 118 valence electrons. The van der Waals surface area contributed by atoms with Gasteiger partial charge in [0.15, 0.2) is 5.65 Å². The molecule has 0 aliphatic carbocycles. The van der Waals surface area contributed by atoms with Gasteiger partial charge in [0.1, 0.15) is 11.4 Å². The van der Waals surface area contributed by atoms with E-state index in [9.17, 15) is 0 Å². The van der Waals surface area contributed by atoms with Gasteiger partial charge < -0.3 is 0 Å². The first-order valence-corrected chi connectivity index (χ1v) is 8.04. The number of nitrogens with zero attached hydrogens (tertiary/aromatic N) is 4. The maximum Gasteiger partial charge on any atom is 0.182 e. The minimum atomic E-state index is 0.581. The van der Waals surface area contributed by atoms with Crippen LogP contribution in [-0.4, -0.2) is 20.0 Å². The van der Waals surface area contributed by atoms with E-state index in [4.69, 9.17) is 11.6 Å². The van der Waals surface area contributed by atoms with Gasteiger partial charge in [0.2, 0.25) is 0 Å².